The Labute approximate surface area is 169 Å². The van der Waals surface area contributed by atoms with Gasteiger partial charge in [0.15, 0.2) is 0 Å². The third-order valence-electron chi connectivity index (χ3n) is 3.97. The van der Waals surface area contributed by atoms with Gasteiger partial charge in [-0.05, 0) is 38.5 Å². The highest BCUT2D eigenvalue weighted by Gasteiger charge is 2.19. The fourth-order valence-electron chi connectivity index (χ4n) is 2.73. The van der Waals surface area contributed by atoms with E-state index < -0.39 is 11.7 Å². The third-order valence-corrected chi connectivity index (χ3v) is 3.97. The summed E-state index contributed by atoms with van der Waals surface area (Å²) in [6.07, 6.45) is 2.46. The predicted molar refractivity (Wildman–Crippen MR) is 111 cm³/mol. The number of benzene rings is 2. The zero-order chi connectivity index (χ0) is 20.9. The zero-order valence-electron chi connectivity index (χ0n) is 16.7. The molecule has 2 amide bonds. The quantitative estimate of drug-likeness (QED) is 0.683. The van der Waals surface area contributed by atoms with E-state index in [0.717, 1.165) is 5.56 Å². The molecule has 0 fully saturated rings. The van der Waals surface area contributed by atoms with Crippen LogP contribution in [0.3, 0.4) is 0 Å². The van der Waals surface area contributed by atoms with Crippen molar-refractivity contribution in [2.75, 3.05) is 5.32 Å². The Bertz CT molecular complexity index is 991. The van der Waals surface area contributed by atoms with Crippen molar-refractivity contribution < 1.29 is 14.3 Å². The van der Waals surface area contributed by atoms with Crippen molar-refractivity contribution >= 4 is 17.7 Å². The van der Waals surface area contributed by atoms with Crippen LogP contribution in [0.4, 0.5) is 10.5 Å². The van der Waals surface area contributed by atoms with Crippen LogP contribution in [0.25, 0.3) is 5.69 Å². The van der Waals surface area contributed by atoms with E-state index in [-0.39, 0.29) is 5.91 Å². The van der Waals surface area contributed by atoms with Gasteiger partial charge in [-0.15, -0.1) is 0 Å². The first-order valence-corrected chi connectivity index (χ1v) is 9.27. The van der Waals surface area contributed by atoms with Gasteiger partial charge in [0.05, 0.1) is 23.9 Å². The molecule has 0 saturated heterocycles. The molecule has 150 valence electrons. The molecule has 0 spiro atoms. The van der Waals surface area contributed by atoms with Gasteiger partial charge in [0, 0.05) is 6.54 Å². The summed E-state index contributed by atoms with van der Waals surface area (Å²) in [7, 11) is 0. The van der Waals surface area contributed by atoms with Gasteiger partial charge >= 0.3 is 6.09 Å². The number of hydrogen-bond donors (Lipinski definition) is 2. The van der Waals surface area contributed by atoms with Gasteiger partial charge in [0.2, 0.25) is 0 Å². The topological polar surface area (TPSA) is 85.2 Å². The molecule has 2 N–H and O–H groups in total. The van der Waals surface area contributed by atoms with Gasteiger partial charge in [0.25, 0.3) is 5.91 Å². The molecule has 1 aromatic heterocycles. The van der Waals surface area contributed by atoms with Crippen molar-refractivity contribution in [2.45, 2.75) is 32.9 Å². The molecule has 3 rings (SSSR count). The lowest BCUT2D eigenvalue weighted by Crippen LogP contribution is -2.28. The van der Waals surface area contributed by atoms with Crippen LogP contribution in [0, 0.1) is 0 Å². The Kier molecular flexibility index (Phi) is 5.97. The molecule has 1 heterocycles. The highest BCUT2D eigenvalue weighted by molar-refractivity contribution is 5.94. The third kappa shape index (κ3) is 5.44. The lowest BCUT2D eigenvalue weighted by molar-refractivity contribution is 0.0635. The summed E-state index contributed by atoms with van der Waals surface area (Å²) in [6, 6.07) is 16.8. The average Bonchev–Trinajstić information content (AvgIpc) is 3.15. The monoisotopic (exact) mass is 392 g/mol. The molecule has 0 aliphatic carbocycles. The van der Waals surface area contributed by atoms with E-state index in [9.17, 15) is 9.59 Å². The Morgan fingerprint density at radius 2 is 1.72 bits per heavy atom. The molecule has 2 aromatic carbocycles. The number of carbonyl (C=O) groups excluding carboxylic acids is 2. The molecule has 29 heavy (non-hydrogen) atoms. The van der Waals surface area contributed by atoms with Crippen molar-refractivity contribution in [3.8, 4) is 5.69 Å². The second-order valence-electron chi connectivity index (χ2n) is 7.46. The fourth-order valence-corrected chi connectivity index (χ4v) is 2.73. The van der Waals surface area contributed by atoms with Crippen molar-refractivity contribution in [1.82, 2.24) is 14.9 Å². The molecule has 0 aliphatic heterocycles. The number of hydrogen-bond acceptors (Lipinski definition) is 4. The summed E-state index contributed by atoms with van der Waals surface area (Å²) in [5.41, 5.74) is 1.87. The SMILES string of the molecule is CC(C)(C)OC(=O)Nc1ccccc1-n1cncc1C(=O)NCc1ccccc1. The maximum Gasteiger partial charge on any atom is 0.412 e. The highest BCUT2D eigenvalue weighted by Crippen LogP contribution is 2.22. The lowest BCUT2D eigenvalue weighted by atomic mass is 10.2. The Hall–Kier alpha value is -3.61. The molecule has 7 heteroatoms. The van der Waals surface area contributed by atoms with Crippen LogP contribution in [0.1, 0.15) is 36.8 Å². The average molecular weight is 392 g/mol. The number of amides is 2. The molecule has 0 aliphatic rings. The molecule has 0 unspecified atom stereocenters. The molecule has 3 aromatic rings. The van der Waals surface area contributed by atoms with E-state index in [1.807, 2.05) is 36.4 Å². The minimum Gasteiger partial charge on any atom is -0.444 e. The molecular formula is C22H24N4O3. The number of ether oxygens (including phenoxy) is 1. The molecular weight excluding hydrogens is 368 g/mol. The zero-order valence-corrected chi connectivity index (χ0v) is 16.7. The van der Waals surface area contributed by atoms with Crippen LogP contribution < -0.4 is 10.6 Å². The summed E-state index contributed by atoms with van der Waals surface area (Å²) >= 11 is 0. The van der Waals surface area contributed by atoms with Crippen molar-refractivity contribution in [3.05, 3.63) is 78.4 Å². The standard InChI is InChI=1S/C22H24N4O3/c1-22(2,3)29-21(28)25-17-11-7-8-12-18(17)26-15-23-14-19(26)20(27)24-13-16-9-5-4-6-10-16/h4-12,14-15H,13H2,1-3H3,(H,24,27)(H,25,28). The molecule has 0 radical (unpaired) electrons. The van der Waals surface area contributed by atoms with Crippen LogP contribution in [0.2, 0.25) is 0 Å². The van der Waals surface area contributed by atoms with Gasteiger partial charge in [-0.1, -0.05) is 42.5 Å². The molecule has 0 atom stereocenters. The smallest absolute Gasteiger partial charge is 0.412 e. The summed E-state index contributed by atoms with van der Waals surface area (Å²) in [6.45, 7) is 5.79. The number of rotatable bonds is 5. The van der Waals surface area contributed by atoms with Crippen LogP contribution in [-0.4, -0.2) is 27.2 Å². The number of imidazole rings is 1. The molecule has 0 bridgehead atoms. The normalized spacial score (nSPS) is 11.0. The second kappa shape index (κ2) is 8.60. The Morgan fingerprint density at radius 1 is 1.03 bits per heavy atom. The van der Waals surface area contributed by atoms with Gasteiger partial charge < -0.3 is 10.1 Å². The first kappa shape index (κ1) is 20.1. The fraction of sp³-hybridized carbons (Fsp3) is 0.227. The van der Waals surface area contributed by atoms with Crippen LogP contribution in [-0.2, 0) is 11.3 Å². The van der Waals surface area contributed by atoms with Crippen LogP contribution >= 0.6 is 0 Å². The molecule has 7 nitrogen and oxygen atoms in total. The number of carbonyl (C=O) groups is 2. The minimum absolute atomic E-state index is 0.265. The largest absolute Gasteiger partial charge is 0.444 e. The van der Waals surface area contributed by atoms with Crippen molar-refractivity contribution in [3.63, 3.8) is 0 Å². The van der Waals surface area contributed by atoms with Gasteiger partial charge in [-0.25, -0.2) is 9.78 Å². The Morgan fingerprint density at radius 3 is 2.45 bits per heavy atom. The number of aromatic nitrogens is 2. The predicted octanol–water partition coefficient (Wildman–Crippen LogP) is 4.15. The van der Waals surface area contributed by atoms with E-state index >= 15 is 0 Å². The van der Waals surface area contributed by atoms with E-state index in [2.05, 4.69) is 15.6 Å². The van der Waals surface area contributed by atoms with Gasteiger partial charge in [-0.2, -0.15) is 0 Å². The van der Waals surface area contributed by atoms with E-state index in [4.69, 9.17) is 4.74 Å². The number of anilines is 1. The van der Waals surface area contributed by atoms with E-state index in [1.54, 1.807) is 43.5 Å². The van der Waals surface area contributed by atoms with Crippen molar-refractivity contribution in [1.29, 1.82) is 0 Å². The summed E-state index contributed by atoms with van der Waals surface area (Å²) in [5, 5.41) is 5.63. The summed E-state index contributed by atoms with van der Waals surface area (Å²) in [5.74, 6) is -0.265. The number of nitrogens with zero attached hydrogens (tertiary/aromatic N) is 2. The first-order chi connectivity index (χ1) is 13.8. The second-order valence-corrected chi connectivity index (χ2v) is 7.46. The number of nitrogens with one attached hydrogen (secondary N) is 2. The minimum atomic E-state index is -0.615. The summed E-state index contributed by atoms with van der Waals surface area (Å²) in [4.78, 5) is 29.0. The lowest BCUT2D eigenvalue weighted by Gasteiger charge is -2.20. The summed E-state index contributed by atoms with van der Waals surface area (Å²) < 4.78 is 6.96. The Balaban J connectivity index is 1.79. The van der Waals surface area contributed by atoms with Gasteiger partial charge in [-0.3, -0.25) is 14.7 Å². The maximum absolute atomic E-state index is 12.7. The van der Waals surface area contributed by atoms with Crippen molar-refractivity contribution in [2.24, 2.45) is 0 Å². The van der Waals surface area contributed by atoms with E-state index in [0.29, 0.717) is 23.6 Å². The molecule has 0 saturated carbocycles. The van der Waals surface area contributed by atoms with Gasteiger partial charge in [0.1, 0.15) is 11.3 Å². The van der Waals surface area contributed by atoms with E-state index in [1.165, 1.54) is 12.5 Å². The highest BCUT2D eigenvalue weighted by atomic mass is 16.6. The first-order valence-electron chi connectivity index (χ1n) is 9.27. The van der Waals surface area contributed by atoms with Crippen LogP contribution in [0.5, 0.6) is 0 Å². The maximum atomic E-state index is 12.7. The number of para-hydroxylation sites is 2. The van der Waals surface area contributed by atoms with Crippen LogP contribution in [0.15, 0.2) is 67.1 Å².